The van der Waals surface area contributed by atoms with Crippen molar-refractivity contribution >= 4 is 0 Å². The molecule has 9 rings (SSSR count). The Hall–Kier alpha value is -5.28. The molecule has 0 aromatic heterocycles. The molecule has 1 aliphatic carbocycles. The molecule has 0 amide bonds. The minimum absolute atomic E-state index is 0.0422. The molecule has 2 aliphatic heterocycles. The van der Waals surface area contributed by atoms with Crippen LogP contribution in [0.1, 0.15) is 76.3 Å². The van der Waals surface area contributed by atoms with Crippen molar-refractivity contribution < 1.29 is 33.2 Å². The molecule has 7 nitrogen and oxygen atoms in total. The van der Waals surface area contributed by atoms with Gasteiger partial charge in [0.15, 0.2) is 0 Å². The number of rotatable bonds is 17. The van der Waals surface area contributed by atoms with Crippen LogP contribution in [-0.2, 0) is 63.0 Å². The van der Waals surface area contributed by atoms with Crippen LogP contribution in [0.15, 0.2) is 158 Å². The molecule has 3 aliphatic rings. The van der Waals surface area contributed by atoms with Gasteiger partial charge in [0.2, 0.25) is 0 Å². The summed E-state index contributed by atoms with van der Waals surface area (Å²) in [5.41, 5.74) is 8.81. The van der Waals surface area contributed by atoms with E-state index < -0.39 is 30.5 Å². The Labute approximate surface area is 360 Å². The SMILES string of the molecule is COc1cccc([C@@H]2O[C@H](COCc3ccccc3)[C@@H](OCc3ccccc3)[C@H](OCc3ccccc3)[C@H]2OCc2ccccc2)c1Cc1ccc2c(c1)CCC1(CCC1)O2. The molecule has 5 atom stereocenters. The zero-order chi connectivity index (χ0) is 41.3. The van der Waals surface area contributed by atoms with E-state index in [1.54, 1.807) is 7.11 Å². The number of benzene rings is 6. The normalized spacial score (nSPS) is 21.6. The van der Waals surface area contributed by atoms with E-state index in [1.807, 2.05) is 84.9 Å². The summed E-state index contributed by atoms with van der Waals surface area (Å²) in [6.45, 7) is 1.83. The van der Waals surface area contributed by atoms with Crippen molar-refractivity contribution in [2.45, 2.75) is 101 Å². The lowest BCUT2D eigenvalue weighted by molar-refractivity contribution is -0.275. The summed E-state index contributed by atoms with van der Waals surface area (Å²) < 4.78 is 47.8. The molecule has 1 saturated carbocycles. The lowest BCUT2D eigenvalue weighted by Crippen LogP contribution is -2.58. The summed E-state index contributed by atoms with van der Waals surface area (Å²) in [6, 6.07) is 54.0. The standard InChI is InChI=1S/C54H56O7/c1-55-48-25-14-24-45(46(48)33-43-26-27-47-44(32-43)28-31-54(61-47)29-15-30-54)50-52(58-36-41-20-10-4-11-21-41)53(59-37-42-22-12-5-13-23-42)51(57-35-40-18-8-3-9-19-40)49(60-50)38-56-34-39-16-6-2-7-17-39/h2-14,16-27,32,49-53H,15,28-31,33-38H2,1H3/t49-,50+,51-,52+,53+/m1/s1. The van der Waals surface area contributed by atoms with Gasteiger partial charge in [-0.1, -0.05) is 146 Å². The predicted molar refractivity (Wildman–Crippen MR) is 237 cm³/mol. The fourth-order valence-electron chi connectivity index (χ4n) is 9.08. The molecule has 0 unspecified atom stereocenters. The summed E-state index contributed by atoms with van der Waals surface area (Å²) in [5.74, 6) is 1.82. The first-order valence-electron chi connectivity index (χ1n) is 21.8. The van der Waals surface area contributed by atoms with E-state index in [9.17, 15) is 0 Å². The van der Waals surface area contributed by atoms with Crippen molar-refractivity contribution in [2.24, 2.45) is 0 Å². The van der Waals surface area contributed by atoms with Crippen molar-refractivity contribution in [1.82, 2.24) is 0 Å². The highest BCUT2D eigenvalue weighted by molar-refractivity contribution is 5.48. The van der Waals surface area contributed by atoms with E-state index in [4.69, 9.17) is 33.2 Å². The van der Waals surface area contributed by atoms with Gasteiger partial charge in [-0.3, -0.25) is 0 Å². The summed E-state index contributed by atoms with van der Waals surface area (Å²) in [6.07, 6.45) is 3.58. The number of methoxy groups -OCH3 is 1. The molecule has 2 heterocycles. The van der Waals surface area contributed by atoms with Crippen molar-refractivity contribution in [3.05, 3.63) is 202 Å². The molecule has 1 saturated heterocycles. The Morgan fingerprint density at radius 1 is 0.557 bits per heavy atom. The Morgan fingerprint density at radius 3 is 1.70 bits per heavy atom. The van der Waals surface area contributed by atoms with Gasteiger partial charge in [0.05, 0.1) is 40.1 Å². The monoisotopic (exact) mass is 816 g/mol. The molecular weight excluding hydrogens is 761 g/mol. The van der Waals surface area contributed by atoms with Crippen LogP contribution in [0.25, 0.3) is 0 Å². The maximum absolute atomic E-state index is 7.37. The quantitative estimate of drug-likeness (QED) is 0.0908. The van der Waals surface area contributed by atoms with Gasteiger partial charge in [-0.25, -0.2) is 0 Å². The predicted octanol–water partition coefficient (Wildman–Crippen LogP) is 10.9. The lowest BCUT2D eigenvalue weighted by Gasteiger charge is -2.47. The zero-order valence-corrected chi connectivity index (χ0v) is 35.0. The van der Waals surface area contributed by atoms with Crippen LogP contribution in [0.4, 0.5) is 0 Å². The van der Waals surface area contributed by atoms with E-state index >= 15 is 0 Å². The minimum Gasteiger partial charge on any atom is -0.496 e. The molecule has 0 radical (unpaired) electrons. The second-order valence-corrected chi connectivity index (χ2v) is 16.7. The second-order valence-electron chi connectivity index (χ2n) is 16.7. The number of ether oxygens (including phenoxy) is 7. The van der Waals surface area contributed by atoms with Gasteiger partial charge in [-0.15, -0.1) is 0 Å². The molecular formula is C54H56O7. The van der Waals surface area contributed by atoms with Crippen LogP contribution in [-0.4, -0.2) is 43.7 Å². The van der Waals surface area contributed by atoms with Gasteiger partial charge in [-0.2, -0.15) is 0 Å². The van der Waals surface area contributed by atoms with E-state index in [2.05, 4.69) is 72.8 Å². The first-order valence-corrected chi connectivity index (χ1v) is 21.8. The van der Waals surface area contributed by atoms with Crippen molar-refractivity contribution in [3.63, 3.8) is 0 Å². The van der Waals surface area contributed by atoms with E-state index in [0.29, 0.717) is 32.8 Å². The number of aryl methyl sites for hydroxylation is 1. The highest BCUT2D eigenvalue weighted by atomic mass is 16.6. The average Bonchev–Trinajstić information content (AvgIpc) is 3.30. The van der Waals surface area contributed by atoms with Gasteiger partial charge >= 0.3 is 0 Å². The summed E-state index contributed by atoms with van der Waals surface area (Å²) in [5, 5.41) is 0. The molecule has 0 N–H and O–H groups in total. The van der Waals surface area contributed by atoms with Gasteiger partial charge in [0.1, 0.15) is 47.6 Å². The van der Waals surface area contributed by atoms with Crippen LogP contribution < -0.4 is 9.47 Å². The highest BCUT2D eigenvalue weighted by Crippen LogP contribution is 2.46. The van der Waals surface area contributed by atoms with Crippen molar-refractivity contribution in [3.8, 4) is 11.5 Å². The lowest BCUT2D eigenvalue weighted by atomic mass is 9.74. The largest absolute Gasteiger partial charge is 0.496 e. The average molecular weight is 817 g/mol. The van der Waals surface area contributed by atoms with E-state index in [1.165, 1.54) is 17.5 Å². The molecule has 0 bridgehead atoms. The highest BCUT2D eigenvalue weighted by Gasteiger charge is 2.50. The third-order valence-electron chi connectivity index (χ3n) is 12.5. The maximum Gasteiger partial charge on any atom is 0.123 e. The van der Waals surface area contributed by atoms with Crippen LogP contribution in [0.3, 0.4) is 0 Å². The summed E-state index contributed by atoms with van der Waals surface area (Å²) in [4.78, 5) is 0. The topological polar surface area (TPSA) is 64.6 Å². The van der Waals surface area contributed by atoms with Crippen LogP contribution in [0, 0.1) is 0 Å². The zero-order valence-electron chi connectivity index (χ0n) is 35.0. The Kier molecular flexibility index (Phi) is 13.2. The number of fused-ring (bicyclic) bond motifs is 1. The first kappa shape index (κ1) is 41.1. The molecule has 2 fully saturated rings. The Morgan fingerprint density at radius 2 is 1.13 bits per heavy atom. The minimum atomic E-state index is -0.573. The molecule has 1 spiro atoms. The van der Waals surface area contributed by atoms with E-state index in [-0.39, 0.29) is 12.2 Å². The van der Waals surface area contributed by atoms with Gasteiger partial charge in [-0.05, 0) is 83.2 Å². The maximum atomic E-state index is 7.37. The molecule has 314 valence electrons. The van der Waals surface area contributed by atoms with Gasteiger partial charge in [0.25, 0.3) is 0 Å². The molecule has 7 heteroatoms. The second kappa shape index (κ2) is 19.6. The Bertz CT molecular complexity index is 2280. The van der Waals surface area contributed by atoms with Crippen LogP contribution in [0.2, 0.25) is 0 Å². The third kappa shape index (κ3) is 9.94. The van der Waals surface area contributed by atoms with Crippen molar-refractivity contribution in [1.29, 1.82) is 0 Å². The van der Waals surface area contributed by atoms with Crippen LogP contribution in [0.5, 0.6) is 11.5 Å². The summed E-state index contributed by atoms with van der Waals surface area (Å²) in [7, 11) is 1.74. The van der Waals surface area contributed by atoms with E-state index in [0.717, 1.165) is 70.6 Å². The molecule has 6 aromatic carbocycles. The molecule has 6 aromatic rings. The van der Waals surface area contributed by atoms with Gasteiger partial charge in [0, 0.05) is 12.0 Å². The number of hydrogen-bond acceptors (Lipinski definition) is 7. The first-order chi connectivity index (χ1) is 30.1. The third-order valence-corrected chi connectivity index (χ3v) is 12.5. The molecule has 61 heavy (non-hydrogen) atoms. The number of hydrogen-bond donors (Lipinski definition) is 0. The summed E-state index contributed by atoms with van der Waals surface area (Å²) >= 11 is 0. The fraction of sp³-hybridized carbons (Fsp3) is 0.333. The van der Waals surface area contributed by atoms with Gasteiger partial charge < -0.3 is 33.2 Å². The smallest absolute Gasteiger partial charge is 0.123 e. The van der Waals surface area contributed by atoms with Crippen LogP contribution >= 0.6 is 0 Å². The van der Waals surface area contributed by atoms with Crippen molar-refractivity contribution in [2.75, 3.05) is 13.7 Å². The Balaban J connectivity index is 1.10. The fourth-order valence-corrected chi connectivity index (χ4v) is 9.08.